The van der Waals surface area contributed by atoms with E-state index in [0.717, 1.165) is 11.1 Å². The summed E-state index contributed by atoms with van der Waals surface area (Å²) in [6, 6.07) is 11.9. The van der Waals surface area contributed by atoms with Crippen molar-refractivity contribution in [3.8, 4) is 5.75 Å². The van der Waals surface area contributed by atoms with E-state index in [4.69, 9.17) is 16.3 Å². The first-order valence-corrected chi connectivity index (χ1v) is 7.25. The minimum absolute atomic E-state index is 0.0632. The Kier molecular flexibility index (Phi) is 3.60. The summed E-state index contributed by atoms with van der Waals surface area (Å²) in [7, 11) is 0. The largest absolute Gasteiger partial charge is 0.482 e. The molecule has 0 fully saturated rings. The number of amides is 1. The number of nitrogens with one attached hydrogen (secondary N) is 1. The van der Waals surface area contributed by atoms with Gasteiger partial charge in [-0.3, -0.25) is 4.79 Å². The molecular weight excluding hydrogens is 286 g/mol. The SMILES string of the molecule is Cc1cc(C)cc(C(Cl)c2ccc3c(c2)NC(=O)CO3)c1. The van der Waals surface area contributed by atoms with E-state index in [-0.39, 0.29) is 17.9 Å². The quantitative estimate of drug-likeness (QED) is 0.853. The molecule has 1 unspecified atom stereocenters. The van der Waals surface area contributed by atoms with E-state index < -0.39 is 0 Å². The monoisotopic (exact) mass is 301 g/mol. The van der Waals surface area contributed by atoms with Gasteiger partial charge in [-0.1, -0.05) is 35.4 Å². The molecule has 0 bridgehead atoms. The molecule has 0 aliphatic carbocycles. The van der Waals surface area contributed by atoms with Crippen LogP contribution >= 0.6 is 11.6 Å². The predicted molar refractivity (Wildman–Crippen MR) is 84.2 cm³/mol. The number of carbonyl (C=O) groups excluding carboxylic acids is 1. The van der Waals surface area contributed by atoms with Crippen LogP contribution in [-0.4, -0.2) is 12.5 Å². The Bertz CT molecular complexity index is 692. The van der Waals surface area contributed by atoms with Crippen LogP contribution in [0.2, 0.25) is 0 Å². The average molecular weight is 302 g/mol. The summed E-state index contributed by atoms with van der Waals surface area (Å²) in [6.45, 7) is 4.18. The molecule has 0 aromatic heterocycles. The lowest BCUT2D eigenvalue weighted by Crippen LogP contribution is -2.25. The third-order valence-electron chi connectivity index (χ3n) is 3.47. The molecule has 1 aliphatic heterocycles. The van der Waals surface area contributed by atoms with Gasteiger partial charge in [-0.15, -0.1) is 11.6 Å². The summed E-state index contributed by atoms with van der Waals surface area (Å²) in [5.74, 6) is 0.541. The summed E-state index contributed by atoms with van der Waals surface area (Å²) in [6.07, 6.45) is 0. The summed E-state index contributed by atoms with van der Waals surface area (Å²) in [5, 5.41) is 2.55. The Morgan fingerprint density at radius 2 is 1.81 bits per heavy atom. The first-order chi connectivity index (χ1) is 10.0. The van der Waals surface area contributed by atoms with Gasteiger partial charge in [0, 0.05) is 0 Å². The number of benzene rings is 2. The van der Waals surface area contributed by atoms with Crippen molar-refractivity contribution in [2.75, 3.05) is 11.9 Å². The molecule has 0 saturated carbocycles. The highest BCUT2D eigenvalue weighted by Gasteiger charge is 2.19. The average Bonchev–Trinajstić information content (AvgIpc) is 2.44. The Hall–Kier alpha value is -2.00. The fraction of sp³-hybridized carbons (Fsp3) is 0.235. The van der Waals surface area contributed by atoms with Crippen LogP contribution in [0.5, 0.6) is 5.75 Å². The lowest BCUT2D eigenvalue weighted by molar-refractivity contribution is -0.118. The second-order valence-electron chi connectivity index (χ2n) is 5.38. The van der Waals surface area contributed by atoms with Gasteiger partial charge in [0.1, 0.15) is 5.75 Å². The molecule has 1 atom stereocenters. The van der Waals surface area contributed by atoms with Gasteiger partial charge in [0.25, 0.3) is 5.91 Å². The van der Waals surface area contributed by atoms with Gasteiger partial charge in [-0.2, -0.15) is 0 Å². The van der Waals surface area contributed by atoms with Crippen LogP contribution in [-0.2, 0) is 4.79 Å². The number of alkyl halides is 1. The fourth-order valence-corrected chi connectivity index (χ4v) is 2.87. The predicted octanol–water partition coefficient (Wildman–Crippen LogP) is 3.96. The maximum Gasteiger partial charge on any atom is 0.262 e. The molecule has 108 valence electrons. The normalized spacial score (nSPS) is 14.9. The fourth-order valence-electron chi connectivity index (χ4n) is 2.61. The van der Waals surface area contributed by atoms with E-state index in [1.807, 2.05) is 18.2 Å². The molecule has 21 heavy (non-hydrogen) atoms. The number of ether oxygens (including phenoxy) is 1. The summed E-state index contributed by atoms with van der Waals surface area (Å²) >= 11 is 6.60. The van der Waals surface area contributed by atoms with Gasteiger partial charge in [0.05, 0.1) is 11.1 Å². The smallest absolute Gasteiger partial charge is 0.262 e. The number of hydrogen-bond acceptors (Lipinski definition) is 2. The molecular formula is C17H16ClNO2. The number of rotatable bonds is 2. The van der Waals surface area contributed by atoms with Crippen molar-refractivity contribution >= 4 is 23.2 Å². The molecule has 2 aromatic rings. The molecule has 2 aromatic carbocycles. The van der Waals surface area contributed by atoms with E-state index in [1.54, 1.807) is 0 Å². The second-order valence-corrected chi connectivity index (χ2v) is 5.81. The van der Waals surface area contributed by atoms with Gasteiger partial charge in [-0.05, 0) is 37.1 Å². The molecule has 3 rings (SSSR count). The van der Waals surface area contributed by atoms with Crippen molar-refractivity contribution in [1.82, 2.24) is 0 Å². The second kappa shape index (κ2) is 5.41. The molecule has 0 saturated heterocycles. The first-order valence-electron chi connectivity index (χ1n) is 6.82. The lowest BCUT2D eigenvalue weighted by Gasteiger charge is -2.20. The zero-order valence-electron chi connectivity index (χ0n) is 11.9. The van der Waals surface area contributed by atoms with Gasteiger partial charge < -0.3 is 10.1 Å². The standard InChI is InChI=1S/C17H16ClNO2/c1-10-5-11(2)7-13(6-10)17(18)12-3-4-15-14(8-12)19-16(20)9-21-15/h3-8,17H,9H2,1-2H3,(H,19,20). The first kappa shape index (κ1) is 14.0. The van der Waals surface area contributed by atoms with E-state index in [1.165, 1.54) is 11.1 Å². The lowest BCUT2D eigenvalue weighted by atomic mass is 9.99. The minimum atomic E-state index is -0.257. The topological polar surface area (TPSA) is 38.3 Å². The summed E-state index contributed by atoms with van der Waals surface area (Å²) in [4.78, 5) is 11.4. The van der Waals surface area contributed by atoms with Crippen molar-refractivity contribution in [3.05, 3.63) is 58.7 Å². The van der Waals surface area contributed by atoms with E-state index in [9.17, 15) is 4.79 Å². The number of carbonyl (C=O) groups is 1. The van der Waals surface area contributed by atoms with Crippen LogP contribution in [0.1, 0.15) is 27.6 Å². The molecule has 4 heteroatoms. The van der Waals surface area contributed by atoms with Crippen LogP contribution < -0.4 is 10.1 Å². The maximum atomic E-state index is 11.4. The highest BCUT2D eigenvalue weighted by Crippen LogP contribution is 2.35. The summed E-state index contributed by atoms with van der Waals surface area (Å²) in [5.41, 5.74) is 5.04. The van der Waals surface area contributed by atoms with Gasteiger partial charge in [0.2, 0.25) is 0 Å². The number of halogens is 1. The number of aryl methyl sites for hydroxylation is 2. The molecule has 1 aliphatic rings. The Balaban J connectivity index is 1.96. The van der Waals surface area contributed by atoms with E-state index in [0.29, 0.717) is 11.4 Å². The Labute approximate surface area is 128 Å². The molecule has 1 N–H and O–H groups in total. The number of fused-ring (bicyclic) bond motifs is 1. The van der Waals surface area contributed by atoms with Crippen molar-refractivity contribution < 1.29 is 9.53 Å². The van der Waals surface area contributed by atoms with Crippen molar-refractivity contribution in [1.29, 1.82) is 0 Å². The minimum Gasteiger partial charge on any atom is -0.482 e. The number of anilines is 1. The van der Waals surface area contributed by atoms with Crippen LogP contribution in [0.25, 0.3) is 0 Å². The van der Waals surface area contributed by atoms with Crippen molar-refractivity contribution in [3.63, 3.8) is 0 Å². The van der Waals surface area contributed by atoms with Crippen LogP contribution in [0.3, 0.4) is 0 Å². The van der Waals surface area contributed by atoms with Gasteiger partial charge in [0.15, 0.2) is 6.61 Å². The highest BCUT2D eigenvalue weighted by atomic mass is 35.5. The molecule has 3 nitrogen and oxygen atoms in total. The van der Waals surface area contributed by atoms with Crippen LogP contribution in [0.15, 0.2) is 36.4 Å². The summed E-state index contributed by atoms with van der Waals surface area (Å²) < 4.78 is 5.36. The van der Waals surface area contributed by atoms with E-state index in [2.05, 4.69) is 37.4 Å². The Morgan fingerprint density at radius 3 is 2.52 bits per heavy atom. The third kappa shape index (κ3) is 2.88. The molecule has 1 heterocycles. The van der Waals surface area contributed by atoms with Gasteiger partial charge >= 0.3 is 0 Å². The van der Waals surface area contributed by atoms with Crippen LogP contribution in [0.4, 0.5) is 5.69 Å². The van der Waals surface area contributed by atoms with Crippen LogP contribution in [0, 0.1) is 13.8 Å². The molecule has 0 radical (unpaired) electrons. The molecule has 1 amide bonds. The third-order valence-corrected chi connectivity index (χ3v) is 3.97. The van der Waals surface area contributed by atoms with Crippen molar-refractivity contribution in [2.45, 2.75) is 19.2 Å². The molecule has 0 spiro atoms. The highest BCUT2D eigenvalue weighted by molar-refractivity contribution is 6.22. The Morgan fingerprint density at radius 1 is 1.10 bits per heavy atom. The van der Waals surface area contributed by atoms with Gasteiger partial charge in [-0.25, -0.2) is 0 Å². The zero-order valence-corrected chi connectivity index (χ0v) is 12.7. The van der Waals surface area contributed by atoms with E-state index >= 15 is 0 Å². The number of hydrogen-bond donors (Lipinski definition) is 1. The zero-order chi connectivity index (χ0) is 15.0. The van der Waals surface area contributed by atoms with Crippen molar-refractivity contribution in [2.24, 2.45) is 0 Å². The maximum absolute atomic E-state index is 11.4.